The van der Waals surface area contributed by atoms with E-state index in [0.29, 0.717) is 6.04 Å². The summed E-state index contributed by atoms with van der Waals surface area (Å²) in [5.41, 5.74) is 0. The van der Waals surface area contributed by atoms with Crippen molar-refractivity contribution < 1.29 is 9.90 Å². The van der Waals surface area contributed by atoms with Gasteiger partial charge in [-0.1, -0.05) is 6.42 Å². The number of hydrogen-bond acceptors (Lipinski definition) is 4. The van der Waals surface area contributed by atoms with Gasteiger partial charge in [-0.05, 0) is 25.8 Å². The second-order valence-corrected chi connectivity index (χ2v) is 5.46. The van der Waals surface area contributed by atoms with Crippen LogP contribution >= 0.6 is 11.3 Å². The van der Waals surface area contributed by atoms with Crippen LogP contribution in [0.1, 0.15) is 37.1 Å². The van der Waals surface area contributed by atoms with Crippen LogP contribution in [0.4, 0.5) is 0 Å². The fourth-order valence-electron chi connectivity index (χ4n) is 2.39. The van der Waals surface area contributed by atoms with Crippen LogP contribution in [-0.4, -0.2) is 33.5 Å². The molecule has 1 aliphatic heterocycles. The van der Waals surface area contributed by atoms with Gasteiger partial charge in [0.1, 0.15) is 5.01 Å². The molecule has 4 nitrogen and oxygen atoms in total. The second kappa shape index (κ2) is 6.12. The molecule has 5 heteroatoms. The minimum absolute atomic E-state index is 0.277. The van der Waals surface area contributed by atoms with Gasteiger partial charge < -0.3 is 5.11 Å². The molecule has 17 heavy (non-hydrogen) atoms. The Morgan fingerprint density at radius 3 is 3.18 bits per heavy atom. The monoisotopic (exact) mass is 254 g/mol. The molecule has 0 aromatic carbocycles. The van der Waals surface area contributed by atoms with Crippen molar-refractivity contribution in [3.8, 4) is 0 Å². The molecular weight excluding hydrogens is 236 g/mol. The average molecular weight is 254 g/mol. The summed E-state index contributed by atoms with van der Waals surface area (Å²) in [4.78, 5) is 17.3. The summed E-state index contributed by atoms with van der Waals surface area (Å²) in [5.74, 6) is -0.690. The number of carbonyl (C=O) groups is 1. The minimum atomic E-state index is -0.690. The molecule has 1 atom stereocenters. The van der Waals surface area contributed by atoms with Crippen LogP contribution in [0.3, 0.4) is 0 Å². The lowest BCUT2D eigenvalue weighted by molar-refractivity contribution is -0.137. The van der Waals surface area contributed by atoms with Gasteiger partial charge in [-0.15, -0.1) is 11.3 Å². The van der Waals surface area contributed by atoms with E-state index in [2.05, 4.69) is 9.88 Å². The fourth-order valence-corrected chi connectivity index (χ4v) is 3.03. The van der Waals surface area contributed by atoms with Gasteiger partial charge in [0.05, 0.1) is 6.54 Å². The molecule has 0 radical (unpaired) electrons. The molecule has 0 bridgehead atoms. The van der Waals surface area contributed by atoms with Crippen LogP contribution in [0, 0.1) is 0 Å². The molecule has 0 saturated carbocycles. The molecule has 1 fully saturated rings. The van der Waals surface area contributed by atoms with Crippen molar-refractivity contribution in [2.75, 3.05) is 6.54 Å². The standard InChI is InChI=1S/C12H18N2O2S/c15-12(16)5-4-10-3-1-2-7-14(10)9-11-13-6-8-17-11/h6,8,10H,1-5,7,9H2,(H,15,16). The summed E-state index contributed by atoms with van der Waals surface area (Å²) >= 11 is 1.67. The average Bonchev–Trinajstić information content (AvgIpc) is 2.80. The van der Waals surface area contributed by atoms with Crippen molar-refractivity contribution in [2.45, 2.75) is 44.7 Å². The van der Waals surface area contributed by atoms with Crippen molar-refractivity contribution in [3.63, 3.8) is 0 Å². The topological polar surface area (TPSA) is 53.4 Å². The zero-order chi connectivity index (χ0) is 12.1. The smallest absolute Gasteiger partial charge is 0.303 e. The highest BCUT2D eigenvalue weighted by Gasteiger charge is 2.23. The number of aliphatic carboxylic acids is 1. The third-order valence-electron chi connectivity index (χ3n) is 3.26. The number of piperidine rings is 1. The third-order valence-corrected chi connectivity index (χ3v) is 4.03. The number of aromatic nitrogens is 1. The normalized spacial score (nSPS) is 21.5. The molecule has 2 rings (SSSR count). The molecule has 1 saturated heterocycles. The van der Waals surface area contributed by atoms with Gasteiger partial charge in [-0.2, -0.15) is 0 Å². The second-order valence-electron chi connectivity index (χ2n) is 4.48. The first kappa shape index (κ1) is 12.5. The minimum Gasteiger partial charge on any atom is -0.481 e. The van der Waals surface area contributed by atoms with Crippen LogP contribution in [-0.2, 0) is 11.3 Å². The lowest BCUT2D eigenvalue weighted by Crippen LogP contribution is -2.39. The van der Waals surface area contributed by atoms with Gasteiger partial charge in [0.2, 0.25) is 0 Å². The summed E-state index contributed by atoms with van der Waals surface area (Å²) in [6.07, 6.45) is 6.43. The Morgan fingerprint density at radius 1 is 1.59 bits per heavy atom. The van der Waals surface area contributed by atoms with E-state index < -0.39 is 5.97 Å². The predicted octanol–water partition coefficient (Wildman–Crippen LogP) is 2.36. The number of thiazole rings is 1. The van der Waals surface area contributed by atoms with Crippen molar-refractivity contribution in [3.05, 3.63) is 16.6 Å². The molecule has 94 valence electrons. The predicted molar refractivity (Wildman–Crippen MR) is 67.0 cm³/mol. The largest absolute Gasteiger partial charge is 0.481 e. The molecule has 1 aromatic heterocycles. The molecule has 0 aliphatic carbocycles. The number of rotatable bonds is 5. The van der Waals surface area contributed by atoms with E-state index in [0.717, 1.165) is 30.9 Å². The zero-order valence-electron chi connectivity index (χ0n) is 9.84. The fraction of sp³-hybridized carbons (Fsp3) is 0.667. The van der Waals surface area contributed by atoms with E-state index in [-0.39, 0.29) is 6.42 Å². The van der Waals surface area contributed by atoms with Crippen LogP contribution in [0.25, 0.3) is 0 Å². The van der Waals surface area contributed by atoms with Gasteiger partial charge in [0.15, 0.2) is 0 Å². The van der Waals surface area contributed by atoms with Crippen LogP contribution in [0.15, 0.2) is 11.6 Å². The Bertz CT molecular complexity index is 353. The maximum atomic E-state index is 10.6. The van der Waals surface area contributed by atoms with Gasteiger partial charge in [0, 0.05) is 24.0 Å². The highest BCUT2D eigenvalue weighted by Crippen LogP contribution is 2.23. The molecule has 0 amide bonds. The van der Waals surface area contributed by atoms with Crippen molar-refractivity contribution in [1.29, 1.82) is 0 Å². The number of carboxylic acids is 1. The number of likely N-dealkylation sites (tertiary alicyclic amines) is 1. The highest BCUT2D eigenvalue weighted by atomic mass is 32.1. The van der Waals surface area contributed by atoms with Crippen molar-refractivity contribution in [2.24, 2.45) is 0 Å². The number of hydrogen-bond donors (Lipinski definition) is 1. The first-order chi connectivity index (χ1) is 8.25. The van der Waals surface area contributed by atoms with Gasteiger partial charge in [-0.25, -0.2) is 4.98 Å². The molecule has 1 N–H and O–H groups in total. The van der Waals surface area contributed by atoms with Crippen LogP contribution in [0.5, 0.6) is 0 Å². The van der Waals surface area contributed by atoms with Crippen molar-refractivity contribution in [1.82, 2.24) is 9.88 Å². The lowest BCUT2D eigenvalue weighted by Gasteiger charge is -2.34. The molecular formula is C12H18N2O2S. The summed E-state index contributed by atoms with van der Waals surface area (Å²) in [6, 6.07) is 0.420. The van der Waals surface area contributed by atoms with Gasteiger partial charge in [0.25, 0.3) is 0 Å². The first-order valence-corrected chi connectivity index (χ1v) is 6.98. The van der Waals surface area contributed by atoms with Crippen molar-refractivity contribution >= 4 is 17.3 Å². The van der Waals surface area contributed by atoms with E-state index in [9.17, 15) is 4.79 Å². The van der Waals surface area contributed by atoms with Gasteiger partial charge in [-0.3, -0.25) is 9.69 Å². The Kier molecular flexibility index (Phi) is 4.50. The SMILES string of the molecule is O=C(O)CCC1CCCCN1Cc1nccs1. The first-order valence-electron chi connectivity index (χ1n) is 6.10. The quantitative estimate of drug-likeness (QED) is 0.876. The molecule has 1 aliphatic rings. The maximum absolute atomic E-state index is 10.6. The Balaban J connectivity index is 1.89. The third kappa shape index (κ3) is 3.78. The summed E-state index contributed by atoms with van der Waals surface area (Å²) in [5, 5.41) is 11.9. The summed E-state index contributed by atoms with van der Waals surface area (Å²) < 4.78 is 0. The van der Waals surface area contributed by atoms with Crippen LogP contribution in [0.2, 0.25) is 0 Å². The summed E-state index contributed by atoms with van der Waals surface area (Å²) in [7, 11) is 0. The van der Waals surface area contributed by atoms with E-state index in [1.54, 1.807) is 11.3 Å². The van der Waals surface area contributed by atoms with Crippen LogP contribution < -0.4 is 0 Å². The molecule has 1 unspecified atom stereocenters. The number of nitrogens with zero attached hydrogens (tertiary/aromatic N) is 2. The molecule has 2 heterocycles. The van der Waals surface area contributed by atoms with E-state index >= 15 is 0 Å². The van der Waals surface area contributed by atoms with E-state index in [1.807, 2.05) is 11.6 Å². The van der Waals surface area contributed by atoms with Gasteiger partial charge >= 0.3 is 5.97 Å². The zero-order valence-corrected chi connectivity index (χ0v) is 10.7. The molecule has 0 spiro atoms. The molecule has 1 aromatic rings. The number of carboxylic acid groups (broad SMARTS) is 1. The Morgan fingerprint density at radius 2 is 2.47 bits per heavy atom. The lowest BCUT2D eigenvalue weighted by atomic mass is 9.98. The van der Waals surface area contributed by atoms with E-state index in [1.165, 1.54) is 12.8 Å². The highest BCUT2D eigenvalue weighted by molar-refractivity contribution is 7.09. The van der Waals surface area contributed by atoms with E-state index in [4.69, 9.17) is 5.11 Å². The Labute approximate surface area is 105 Å². The Hall–Kier alpha value is -0.940. The maximum Gasteiger partial charge on any atom is 0.303 e. The summed E-state index contributed by atoms with van der Waals surface area (Å²) in [6.45, 7) is 1.95.